The van der Waals surface area contributed by atoms with E-state index >= 15 is 0 Å². The van der Waals surface area contributed by atoms with Crippen molar-refractivity contribution >= 4 is 17.2 Å². The van der Waals surface area contributed by atoms with Gasteiger partial charge in [0.05, 0.1) is 12.1 Å². The third-order valence-electron chi connectivity index (χ3n) is 3.79. The third kappa shape index (κ3) is 2.38. The average Bonchev–Trinajstić information content (AvgIpc) is 2.54. The van der Waals surface area contributed by atoms with E-state index in [1.54, 1.807) is 18.2 Å². The van der Waals surface area contributed by atoms with Crippen LogP contribution < -0.4 is 0 Å². The number of halogens is 1. The second-order valence-corrected chi connectivity index (χ2v) is 5.11. The predicted molar refractivity (Wildman–Crippen MR) is 81.5 cm³/mol. The minimum absolute atomic E-state index is 0.0279. The second kappa shape index (κ2) is 5.45. The molecule has 0 amide bonds. The Balaban J connectivity index is 2.14. The van der Waals surface area contributed by atoms with Gasteiger partial charge < -0.3 is 5.11 Å². The molecule has 2 aromatic rings. The lowest BCUT2D eigenvalue weighted by atomic mass is 9.86. The summed E-state index contributed by atoms with van der Waals surface area (Å²) in [5.74, 6) is -1.52. The molecule has 3 nitrogen and oxygen atoms in total. The lowest BCUT2D eigenvalue weighted by Crippen LogP contribution is -2.05. The van der Waals surface area contributed by atoms with E-state index in [1.807, 2.05) is 12.1 Å². The number of aryl methyl sites for hydroxylation is 1. The number of nitrogens with zero attached hydrogens (tertiary/aromatic N) is 1. The molecule has 3 rings (SSSR count). The second-order valence-electron chi connectivity index (χ2n) is 5.11. The van der Waals surface area contributed by atoms with Crippen molar-refractivity contribution in [1.29, 1.82) is 0 Å². The molecule has 22 heavy (non-hydrogen) atoms. The first kappa shape index (κ1) is 14.0. The van der Waals surface area contributed by atoms with Gasteiger partial charge >= 0.3 is 5.97 Å². The smallest absolute Gasteiger partial charge is 0.335 e. The molecule has 0 aromatic heterocycles. The zero-order valence-electron chi connectivity index (χ0n) is 11.6. The highest BCUT2D eigenvalue weighted by Gasteiger charge is 2.17. The van der Waals surface area contributed by atoms with E-state index in [2.05, 4.69) is 4.85 Å². The van der Waals surface area contributed by atoms with Gasteiger partial charge in [0, 0.05) is 0 Å². The van der Waals surface area contributed by atoms with Gasteiger partial charge in [0.2, 0.25) is 5.69 Å². The SMILES string of the molecule is [C-]#[N+]c1cc(C2=CCCc3ccc(C(=O)O)cc32)ccc1F. The largest absolute Gasteiger partial charge is 0.478 e. The maximum Gasteiger partial charge on any atom is 0.335 e. The number of rotatable bonds is 2. The molecule has 1 N–H and O–H groups in total. The molecule has 1 aliphatic rings. The van der Waals surface area contributed by atoms with E-state index in [9.17, 15) is 9.18 Å². The molecule has 0 saturated heterocycles. The van der Waals surface area contributed by atoms with Gasteiger partial charge in [0.15, 0.2) is 0 Å². The number of hydrogen-bond acceptors (Lipinski definition) is 1. The molecule has 1 aliphatic carbocycles. The van der Waals surface area contributed by atoms with E-state index in [1.165, 1.54) is 12.1 Å². The number of aromatic carboxylic acids is 1. The number of carbonyl (C=O) groups is 1. The van der Waals surface area contributed by atoms with Crippen molar-refractivity contribution < 1.29 is 14.3 Å². The molecule has 0 unspecified atom stereocenters. The van der Waals surface area contributed by atoms with E-state index in [0.29, 0.717) is 0 Å². The first-order valence-electron chi connectivity index (χ1n) is 6.84. The van der Waals surface area contributed by atoms with Crippen molar-refractivity contribution in [3.8, 4) is 0 Å². The Morgan fingerprint density at radius 1 is 1.23 bits per heavy atom. The van der Waals surface area contributed by atoms with Gasteiger partial charge in [0.1, 0.15) is 5.82 Å². The summed E-state index contributed by atoms with van der Waals surface area (Å²) < 4.78 is 13.5. The number of benzene rings is 2. The minimum atomic E-state index is -0.978. The van der Waals surface area contributed by atoms with Crippen molar-refractivity contribution in [2.45, 2.75) is 12.8 Å². The maximum atomic E-state index is 13.5. The summed E-state index contributed by atoms with van der Waals surface area (Å²) in [5, 5.41) is 9.15. The van der Waals surface area contributed by atoms with Gasteiger partial charge in [0.25, 0.3) is 0 Å². The summed E-state index contributed by atoms with van der Waals surface area (Å²) in [6.07, 6.45) is 3.68. The maximum absolute atomic E-state index is 13.5. The molecule has 0 heterocycles. The van der Waals surface area contributed by atoms with Gasteiger partial charge in [-0.25, -0.2) is 14.0 Å². The van der Waals surface area contributed by atoms with Gasteiger partial charge in [-0.1, -0.05) is 18.2 Å². The number of hydrogen-bond donors (Lipinski definition) is 1. The molecule has 0 fully saturated rings. The fourth-order valence-electron chi connectivity index (χ4n) is 2.70. The zero-order valence-corrected chi connectivity index (χ0v) is 11.6. The first-order valence-corrected chi connectivity index (χ1v) is 6.84. The average molecular weight is 293 g/mol. The highest BCUT2D eigenvalue weighted by atomic mass is 19.1. The molecule has 2 aromatic carbocycles. The molecular formula is C18H12FNO2. The monoisotopic (exact) mass is 293 g/mol. The number of fused-ring (bicyclic) bond motifs is 1. The number of allylic oxidation sites excluding steroid dienone is 1. The van der Waals surface area contributed by atoms with Crippen LogP contribution in [0.4, 0.5) is 10.1 Å². The Morgan fingerprint density at radius 2 is 2.05 bits per heavy atom. The van der Waals surface area contributed by atoms with E-state index in [-0.39, 0.29) is 11.3 Å². The lowest BCUT2D eigenvalue weighted by molar-refractivity contribution is 0.0697. The van der Waals surface area contributed by atoms with Crippen molar-refractivity contribution in [2.75, 3.05) is 0 Å². The van der Waals surface area contributed by atoms with E-state index in [0.717, 1.165) is 35.1 Å². The Kier molecular flexibility index (Phi) is 3.48. The molecule has 108 valence electrons. The van der Waals surface area contributed by atoms with Gasteiger partial charge in [-0.2, -0.15) is 0 Å². The van der Waals surface area contributed by atoms with Crippen LogP contribution in [0, 0.1) is 12.4 Å². The third-order valence-corrected chi connectivity index (χ3v) is 3.79. The fourth-order valence-corrected chi connectivity index (χ4v) is 2.70. The van der Waals surface area contributed by atoms with Gasteiger partial charge in [-0.15, -0.1) is 0 Å². The molecule has 0 spiro atoms. The molecule has 4 heteroatoms. The van der Waals surface area contributed by atoms with E-state index in [4.69, 9.17) is 11.7 Å². The first-order chi connectivity index (χ1) is 10.6. The normalized spacial score (nSPS) is 13.0. The number of carboxylic acids is 1. The van der Waals surface area contributed by atoms with Gasteiger partial charge in [-0.3, -0.25) is 0 Å². The van der Waals surface area contributed by atoms with Crippen LogP contribution in [0.2, 0.25) is 0 Å². The molecule has 0 bridgehead atoms. The van der Waals surface area contributed by atoms with Crippen LogP contribution in [0.3, 0.4) is 0 Å². The van der Waals surface area contributed by atoms with Crippen molar-refractivity contribution in [3.63, 3.8) is 0 Å². The summed E-state index contributed by atoms with van der Waals surface area (Å²) in [7, 11) is 0. The predicted octanol–water partition coefficient (Wildman–Crippen LogP) is 4.45. The fraction of sp³-hybridized carbons (Fsp3) is 0.111. The highest BCUT2D eigenvalue weighted by Crippen LogP contribution is 2.34. The highest BCUT2D eigenvalue weighted by molar-refractivity contribution is 5.91. The Labute approximate surface area is 127 Å². The number of carboxylic acid groups (broad SMARTS) is 1. The molecule has 0 saturated carbocycles. The van der Waals surface area contributed by atoms with Crippen LogP contribution in [0.1, 0.15) is 33.5 Å². The molecular weight excluding hydrogens is 281 g/mol. The Hall–Kier alpha value is -2.93. The summed E-state index contributed by atoms with van der Waals surface area (Å²) in [4.78, 5) is 14.3. The Morgan fingerprint density at radius 3 is 2.77 bits per heavy atom. The topological polar surface area (TPSA) is 41.7 Å². The van der Waals surface area contributed by atoms with Crippen LogP contribution in [0.15, 0.2) is 42.5 Å². The summed E-state index contributed by atoms with van der Waals surface area (Å²) >= 11 is 0. The van der Waals surface area contributed by atoms with Crippen molar-refractivity contribution in [3.05, 3.63) is 82.0 Å². The Bertz CT molecular complexity index is 847. The zero-order chi connectivity index (χ0) is 15.7. The summed E-state index contributed by atoms with van der Waals surface area (Å²) in [5.41, 5.74) is 3.69. The molecule has 0 atom stereocenters. The molecule has 0 aliphatic heterocycles. The van der Waals surface area contributed by atoms with Crippen LogP contribution in [-0.2, 0) is 6.42 Å². The summed E-state index contributed by atoms with van der Waals surface area (Å²) in [6, 6.07) is 9.47. The van der Waals surface area contributed by atoms with E-state index < -0.39 is 11.8 Å². The molecule has 0 radical (unpaired) electrons. The minimum Gasteiger partial charge on any atom is -0.478 e. The van der Waals surface area contributed by atoms with Crippen LogP contribution in [-0.4, -0.2) is 11.1 Å². The van der Waals surface area contributed by atoms with Crippen LogP contribution in [0.25, 0.3) is 10.4 Å². The summed E-state index contributed by atoms with van der Waals surface area (Å²) in [6.45, 7) is 7.02. The van der Waals surface area contributed by atoms with Crippen LogP contribution >= 0.6 is 0 Å². The van der Waals surface area contributed by atoms with Crippen LogP contribution in [0.5, 0.6) is 0 Å². The van der Waals surface area contributed by atoms with Crippen molar-refractivity contribution in [2.24, 2.45) is 0 Å². The van der Waals surface area contributed by atoms with Gasteiger partial charge in [-0.05, 0) is 59.4 Å². The lowest BCUT2D eigenvalue weighted by Gasteiger charge is -2.19. The van der Waals surface area contributed by atoms with Crippen molar-refractivity contribution in [1.82, 2.24) is 0 Å². The quantitative estimate of drug-likeness (QED) is 0.831. The standard InChI is InChI=1S/C18H12FNO2/c1-20-17-10-12(7-8-16(17)19)14-4-2-3-11-5-6-13(18(21)22)9-15(11)14/h4-10H,2-3H2,(H,21,22).